The molecule has 6 heteroatoms. The number of benzene rings is 1. The monoisotopic (exact) mass is 283 g/mol. The van der Waals surface area contributed by atoms with Crippen LogP contribution in [0.4, 0.5) is 0 Å². The standard InChI is InChI=1S/C14H21NO5/c1-4-20-14(16)9-19-8-12(15)11-6-5-10(17-2)7-13(11)18-3/h5-7,12H,4,8-9,15H2,1-3H3. The molecule has 1 rings (SSSR count). The second-order valence-electron chi connectivity index (χ2n) is 4.03. The third-order valence-electron chi connectivity index (χ3n) is 2.66. The van der Waals surface area contributed by atoms with E-state index in [2.05, 4.69) is 0 Å². The first-order valence-electron chi connectivity index (χ1n) is 6.33. The van der Waals surface area contributed by atoms with Crippen LogP contribution in [0.25, 0.3) is 0 Å². The van der Waals surface area contributed by atoms with E-state index in [4.69, 9.17) is 24.7 Å². The number of nitrogens with two attached hydrogens (primary N) is 1. The van der Waals surface area contributed by atoms with Gasteiger partial charge in [-0.05, 0) is 19.1 Å². The lowest BCUT2D eigenvalue weighted by Gasteiger charge is -2.16. The van der Waals surface area contributed by atoms with Gasteiger partial charge >= 0.3 is 5.97 Å². The van der Waals surface area contributed by atoms with Crippen LogP contribution in [0.2, 0.25) is 0 Å². The lowest BCUT2D eigenvalue weighted by molar-refractivity contribution is -0.148. The van der Waals surface area contributed by atoms with E-state index in [0.29, 0.717) is 18.1 Å². The minimum absolute atomic E-state index is 0.111. The molecule has 0 radical (unpaired) electrons. The molecule has 0 aliphatic heterocycles. The average molecular weight is 283 g/mol. The van der Waals surface area contributed by atoms with Gasteiger partial charge in [-0.3, -0.25) is 0 Å². The van der Waals surface area contributed by atoms with Crippen molar-refractivity contribution in [3.8, 4) is 11.5 Å². The highest BCUT2D eigenvalue weighted by atomic mass is 16.6. The van der Waals surface area contributed by atoms with Gasteiger partial charge in [0.2, 0.25) is 0 Å². The Hall–Kier alpha value is -1.79. The number of hydrogen-bond donors (Lipinski definition) is 1. The summed E-state index contributed by atoms with van der Waals surface area (Å²) in [6, 6.07) is 4.96. The van der Waals surface area contributed by atoms with Gasteiger partial charge in [0, 0.05) is 11.6 Å². The molecule has 1 atom stereocenters. The number of carbonyl (C=O) groups is 1. The molecular weight excluding hydrogens is 262 g/mol. The lowest BCUT2D eigenvalue weighted by Crippen LogP contribution is -2.21. The molecule has 0 saturated carbocycles. The van der Waals surface area contributed by atoms with Crippen LogP contribution >= 0.6 is 0 Å². The van der Waals surface area contributed by atoms with Crippen LogP contribution < -0.4 is 15.2 Å². The Morgan fingerprint density at radius 3 is 2.65 bits per heavy atom. The molecule has 2 N–H and O–H groups in total. The summed E-state index contributed by atoms with van der Waals surface area (Å²) >= 11 is 0. The van der Waals surface area contributed by atoms with Crippen LogP contribution in [0.15, 0.2) is 18.2 Å². The van der Waals surface area contributed by atoms with E-state index in [1.165, 1.54) is 0 Å². The van der Waals surface area contributed by atoms with E-state index in [9.17, 15) is 4.79 Å². The summed E-state index contributed by atoms with van der Waals surface area (Å²) in [5.74, 6) is 0.906. The largest absolute Gasteiger partial charge is 0.497 e. The topological polar surface area (TPSA) is 80.0 Å². The Morgan fingerprint density at radius 2 is 2.05 bits per heavy atom. The molecule has 6 nitrogen and oxygen atoms in total. The van der Waals surface area contributed by atoms with Crippen molar-refractivity contribution in [2.24, 2.45) is 5.73 Å². The summed E-state index contributed by atoms with van der Waals surface area (Å²) in [5.41, 5.74) is 6.81. The highest BCUT2D eigenvalue weighted by Gasteiger charge is 2.14. The van der Waals surface area contributed by atoms with E-state index in [1.54, 1.807) is 33.3 Å². The zero-order chi connectivity index (χ0) is 15.0. The predicted octanol–water partition coefficient (Wildman–Crippen LogP) is 1.28. The van der Waals surface area contributed by atoms with Gasteiger partial charge in [0.05, 0.1) is 33.5 Å². The number of rotatable bonds is 8. The van der Waals surface area contributed by atoms with Crippen LogP contribution in [0.3, 0.4) is 0 Å². The molecule has 20 heavy (non-hydrogen) atoms. The molecule has 0 amide bonds. The molecule has 0 heterocycles. The Bertz CT molecular complexity index is 436. The summed E-state index contributed by atoms with van der Waals surface area (Å²) in [6.45, 7) is 2.16. The fraction of sp³-hybridized carbons (Fsp3) is 0.500. The molecule has 0 spiro atoms. The maximum Gasteiger partial charge on any atom is 0.332 e. The molecule has 0 bridgehead atoms. The first-order chi connectivity index (χ1) is 9.62. The van der Waals surface area contributed by atoms with Crippen molar-refractivity contribution in [1.82, 2.24) is 0 Å². The molecule has 0 saturated heterocycles. The van der Waals surface area contributed by atoms with Crippen LogP contribution in [0, 0.1) is 0 Å². The zero-order valence-electron chi connectivity index (χ0n) is 12.0. The molecule has 1 unspecified atom stereocenters. The maximum absolute atomic E-state index is 11.1. The molecular formula is C14H21NO5. The molecule has 112 valence electrons. The van der Waals surface area contributed by atoms with Gasteiger partial charge < -0.3 is 24.7 Å². The Morgan fingerprint density at radius 1 is 1.30 bits per heavy atom. The maximum atomic E-state index is 11.1. The number of ether oxygens (including phenoxy) is 4. The van der Waals surface area contributed by atoms with Crippen molar-refractivity contribution >= 4 is 5.97 Å². The van der Waals surface area contributed by atoms with E-state index in [-0.39, 0.29) is 13.2 Å². The van der Waals surface area contributed by atoms with Crippen LogP contribution in [0.1, 0.15) is 18.5 Å². The van der Waals surface area contributed by atoms with Crippen molar-refractivity contribution in [1.29, 1.82) is 0 Å². The van der Waals surface area contributed by atoms with Gasteiger partial charge in [0.25, 0.3) is 0 Å². The second-order valence-corrected chi connectivity index (χ2v) is 4.03. The van der Waals surface area contributed by atoms with E-state index >= 15 is 0 Å². The van der Waals surface area contributed by atoms with Gasteiger partial charge in [-0.15, -0.1) is 0 Å². The minimum atomic E-state index is -0.401. The highest BCUT2D eigenvalue weighted by molar-refractivity contribution is 5.70. The predicted molar refractivity (Wildman–Crippen MR) is 73.9 cm³/mol. The van der Waals surface area contributed by atoms with Crippen LogP contribution in [-0.4, -0.2) is 40.0 Å². The SMILES string of the molecule is CCOC(=O)COCC(N)c1ccc(OC)cc1OC. The number of carbonyl (C=O) groups excluding carboxylic acids is 1. The fourth-order valence-corrected chi connectivity index (χ4v) is 1.69. The zero-order valence-corrected chi connectivity index (χ0v) is 12.0. The summed E-state index contributed by atoms with van der Waals surface area (Å²) < 4.78 is 20.4. The smallest absolute Gasteiger partial charge is 0.332 e. The van der Waals surface area contributed by atoms with Gasteiger partial charge in [0.1, 0.15) is 18.1 Å². The third-order valence-corrected chi connectivity index (χ3v) is 2.66. The van der Waals surface area contributed by atoms with E-state index in [1.807, 2.05) is 6.07 Å². The fourth-order valence-electron chi connectivity index (χ4n) is 1.69. The summed E-state index contributed by atoms with van der Waals surface area (Å²) in [7, 11) is 3.14. The van der Waals surface area contributed by atoms with Gasteiger partial charge in [-0.25, -0.2) is 4.79 Å². The minimum Gasteiger partial charge on any atom is -0.497 e. The molecule has 1 aromatic carbocycles. The third kappa shape index (κ3) is 4.71. The summed E-state index contributed by atoms with van der Waals surface area (Å²) in [6.07, 6.45) is 0. The summed E-state index contributed by atoms with van der Waals surface area (Å²) in [4.78, 5) is 11.1. The highest BCUT2D eigenvalue weighted by Crippen LogP contribution is 2.28. The van der Waals surface area contributed by atoms with Crippen molar-refractivity contribution in [2.45, 2.75) is 13.0 Å². The number of hydrogen-bond acceptors (Lipinski definition) is 6. The Labute approximate surface area is 118 Å². The number of esters is 1. The van der Waals surface area contributed by atoms with Crippen LogP contribution in [0.5, 0.6) is 11.5 Å². The Balaban J connectivity index is 2.58. The lowest BCUT2D eigenvalue weighted by atomic mass is 10.1. The van der Waals surface area contributed by atoms with E-state index in [0.717, 1.165) is 5.56 Å². The normalized spacial score (nSPS) is 11.8. The molecule has 0 aliphatic carbocycles. The average Bonchev–Trinajstić information content (AvgIpc) is 2.46. The van der Waals surface area contributed by atoms with Gasteiger partial charge in [-0.1, -0.05) is 0 Å². The second kappa shape index (κ2) is 8.39. The van der Waals surface area contributed by atoms with Crippen molar-refractivity contribution in [2.75, 3.05) is 34.0 Å². The molecule has 0 aromatic heterocycles. The quantitative estimate of drug-likeness (QED) is 0.724. The molecule has 1 aromatic rings. The molecule has 0 aliphatic rings. The number of methoxy groups -OCH3 is 2. The van der Waals surface area contributed by atoms with E-state index < -0.39 is 12.0 Å². The van der Waals surface area contributed by atoms with Gasteiger partial charge in [-0.2, -0.15) is 0 Å². The van der Waals surface area contributed by atoms with Crippen LogP contribution in [-0.2, 0) is 14.3 Å². The van der Waals surface area contributed by atoms with Crippen molar-refractivity contribution in [3.63, 3.8) is 0 Å². The van der Waals surface area contributed by atoms with Crippen molar-refractivity contribution in [3.05, 3.63) is 23.8 Å². The molecule has 0 fully saturated rings. The van der Waals surface area contributed by atoms with Gasteiger partial charge in [0.15, 0.2) is 0 Å². The first-order valence-corrected chi connectivity index (χ1v) is 6.33. The Kier molecular flexibility index (Phi) is 6.83. The van der Waals surface area contributed by atoms with Crippen molar-refractivity contribution < 1.29 is 23.7 Å². The summed E-state index contributed by atoms with van der Waals surface area (Å²) in [5, 5.41) is 0. The first kappa shape index (κ1) is 16.3.